The lowest BCUT2D eigenvalue weighted by Crippen LogP contribution is -2.21. The highest BCUT2D eigenvalue weighted by atomic mass is 15.3. The summed E-state index contributed by atoms with van der Waals surface area (Å²) in [6, 6.07) is 0. The normalized spacial score (nSPS) is 21.4. The van der Waals surface area contributed by atoms with Crippen molar-refractivity contribution in [2.24, 2.45) is 5.92 Å². The van der Waals surface area contributed by atoms with Gasteiger partial charge in [0.1, 0.15) is 6.33 Å². The van der Waals surface area contributed by atoms with Gasteiger partial charge >= 0.3 is 0 Å². The van der Waals surface area contributed by atoms with Crippen molar-refractivity contribution >= 4 is 11.5 Å². The van der Waals surface area contributed by atoms with Gasteiger partial charge in [0.15, 0.2) is 5.82 Å². The number of anilines is 1. The Labute approximate surface area is 87.8 Å². The molecule has 1 fully saturated rings. The van der Waals surface area contributed by atoms with Crippen LogP contribution in [0.3, 0.4) is 0 Å². The van der Waals surface area contributed by atoms with Crippen molar-refractivity contribution in [2.75, 3.05) is 18.0 Å². The van der Waals surface area contributed by atoms with Gasteiger partial charge in [0.25, 0.3) is 0 Å². The number of hydrogen-bond acceptors (Lipinski definition) is 4. The van der Waals surface area contributed by atoms with Gasteiger partial charge in [-0.1, -0.05) is 6.92 Å². The molecule has 1 aliphatic heterocycles. The average Bonchev–Trinajstić information content (AvgIpc) is 2.84. The van der Waals surface area contributed by atoms with Crippen LogP contribution in [0.4, 0.5) is 5.82 Å². The Morgan fingerprint density at radius 2 is 2.40 bits per heavy atom. The third-order valence-electron chi connectivity index (χ3n) is 2.92. The van der Waals surface area contributed by atoms with Gasteiger partial charge in [-0.05, 0) is 12.3 Å². The molecule has 78 valence electrons. The van der Waals surface area contributed by atoms with Crippen LogP contribution in [0.15, 0.2) is 18.7 Å². The molecule has 3 rings (SSSR count). The lowest BCUT2D eigenvalue weighted by Gasteiger charge is -2.16. The molecule has 3 heterocycles. The van der Waals surface area contributed by atoms with E-state index in [1.54, 1.807) is 12.5 Å². The quantitative estimate of drug-likeness (QED) is 0.693. The van der Waals surface area contributed by atoms with Crippen molar-refractivity contribution in [3.05, 3.63) is 18.7 Å². The number of nitrogens with zero attached hydrogens (tertiary/aromatic N) is 5. The van der Waals surface area contributed by atoms with Crippen molar-refractivity contribution in [2.45, 2.75) is 13.3 Å². The zero-order chi connectivity index (χ0) is 10.3. The van der Waals surface area contributed by atoms with E-state index in [0.29, 0.717) is 0 Å². The van der Waals surface area contributed by atoms with E-state index in [1.807, 2.05) is 10.6 Å². The van der Waals surface area contributed by atoms with Crippen LogP contribution in [0.2, 0.25) is 0 Å². The molecule has 0 aliphatic carbocycles. The molecule has 1 atom stereocenters. The van der Waals surface area contributed by atoms with Gasteiger partial charge in [0, 0.05) is 25.5 Å². The summed E-state index contributed by atoms with van der Waals surface area (Å²) in [6.07, 6.45) is 6.61. The van der Waals surface area contributed by atoms with E-state index in [1.165, 1.54) is 6.42 Å². The Morgan fingerprint density at radius 1 is 1.47 bits per heavy atom. The summed E-state index contributed by atoms with van der Waals surface area (Å²) in [4.78, 5) is 6.68. The molecule has 0 spiro atoms. The fourth-order valence-corrected chi connectivity index (χ4v) is 2.10. The van der Waals surface area contributed by atoms with Crippen LogP contribution in [0.25, 0.3) is 5.65 Å². The Balaban J connectivity index is 2.06. The van der Waals surface area contributed by atoms with Gasteiger partial charge < -0.3 is 4.90 Å². The van der Waals surface area contributed by atoms with E-state index in [0.717, 1.165) is 30.5 Å². The molecule has 0 saturated carbocycles. The molecule has 2 aromatic rings. The smallest absolute Gasteiger partial charge is 0.203 e. The molecule has 0 aromatic carbocycles. The molecule has 0 amide bonds. The highest BCUT2D eigenvalue weighted by Gasteiger charge is 2.22. The first-order valence-corrected chi connectivity index (χ1v) is 5.24. The van der Waals surface area contributed by atoms with Crippen molar-refractivity contribution in [1.82, 2.24) is 19.6 Å². The second-order valence-electron chi connectivity index (χ2n) is 4.15. The predicted molar refractivity (Wildman–Crippen MR) is 56.8 cm³/mol. The standard InChI is InChI=1S/C10H13N5/c1-8-2-4-14(6-8)9-10-13-12-7-15(10)5-3-11-9/h3,5,7-8H,2,4,6H2,1H3/t8-/m0/s1. The number of rotatable bonds is 1. The van der Waals surface area contributed by atoms with E-state index in [9.17, 15) is 0 Å². The van der Waals surface area contributed by atoms with Gasteiger partial charge in [-0.2, -0.15) is 0 Å². The maximum absolute atomic E-state index is 4.40. The molecule has 1 aliphatic rings. The zero-order valence-electron chi connectivity index (χ0n) is 8.67. The van der Waals surface area contributed by atoms with Crippen LogP contribution in [-0.2, 0) is 0 Å². The van der Waals surface area contributed by atoms with Crippen LogP contribution in [0, 0.1) is 5.92 Å². The van der Waals surface area contributed by atoms with Crippen LogP contribution >= 0.6 is 0 Å². The number of hydrogen-bond donors (Lipinski definition) is 0. The third kappa shape index (κ3) is 1.35. The van der Waals surface area contributed by atoms with Crippen molar-refractivity contribution in [1.29, 1.82) is 0 Å². The van der Waals surface area contributed by atoms with Crippen molar-refractivity contribution < 1.29 is 0 Å². The molecular formula is C10H13N5. The molecular weight excluding hydrogens is 190 g/mol. The summed E-state index contributed by atoms with van der Waals surface area (Å²) in [5.41, 5.74) is 0.853. The summed E-state index contributed by atoms with van der Waals surface area (Å²) in [5.74, 6) is 1.70. The van der Waals surface area contributed by atoms with Gasteiger partial charge in [-0.15, -0.1) is 10.2 Å². The molecule has 5 heteroatoms. The summed E-state index contributed by atoms with van der Waals surface area (Å²) in [7, 11) is 0. The summed E-state index contributed by atoms with van der Waals surface area (Å²) in [6.45, 7) is 4.41. The maximum atomic E-state index is 4.40. The third-order valence-corrected chi connectivity index (χ3v) is 2.92. The summed E-state index contributed by atoms with van der Waals surface area (Å²) >= 11 is 0. The molecule has 0 unspecified atom stereocenters. The van der Waals surface area contributed by atoms with Crippen LogP contribution < -0.4 is 4.90 Å². The lowest BCUT2D eigenvalue weighted by molar-refractivity contribution is 0.659. The Hall–Kier alpha value is -1.65. The fraction of sp³-hybridized carbons (Fsp3) is 0.500. The van der Waals surface area contributed by atoms with E-state index in [2.05, 4.69) is 27.0 Å². The Bertz CT molecular complexity index is 477. The lowest BCUT2D eigenvalue weighted by atomic mass is 10.2. The van der Waals surface area contributed by atoms with E-state index in [-0.39, 0.29) is 0 Å². The molecule has 1 saturated heterocycles. The Kier molecular flexibility index (Phi) is 1.83. The van der Waals surface area contributed by atoms with Crippen molar-refractivity contribution in [3.8, 4) is 0 Å². The van der Waals surface area contributed by atoms with E-state index < -0.39 is 0 Å². The topological polar surface area (TPSA) is 46.3 Å². The van der Waals surface area contributed by atoms with E-state index in [4.69, 9.17) is 0 Å². The first-order chi connectivity index (χ1) is 7.34. The maximum Gasteiger partial charge on any atom is 0.203 e. The molecule has 5 nitrogen and oxygen atoms in total. The first-order valence-electron chi connectivity index (χ1n) is 5.24. The number of fused-ring (bicyclic) bond motifs is 1. The minimum atomic E-state index is 0.745. The minimum Gasteiger partial charge on any atom is -0.353 e. The average molecular weight is 203 g/mol. The number of aromatic nitrogens is 4. The van der Waals surface area contributed by atoms with Crippen LogP contribution in [0.5, 0.6) is 0 Å². The minimum absolute atomic E-state index is 0.745. The highest BCUT2D eigenvalue weighted by Crippen LogP contribution is 2.23. The molecule has 2 aromatic heterocycles. The van der Waals surface area contributed by atoms with Gasteiger partial charge in [-0.25, -0.2) is 4.98 Å². The fourth-order valence-electron chi connectivity index (χ4n) is 2.10. The monoisotopic (exact) mass is 203 g/mol. The van der Waals surface area contributed by atoms with Gasteiger partial charge in [0.05, 0.1) is 0 Å². The van der Waals surface area contributed by atoms with Gasteiger partial charge in [0.2, 0.25) is 5.65 Å². The molecule has 0 N–H and O–H groups in total. The van der Waals surface area contributed by atoms with Crippen LogP contribution in [-0.4, -0.2) is 32.7 Å². The SMILES string of the molecule is C[C@H]1CCN(c2nccn3cnnc23)C1. The largest absolute Gasteiger partial charge is 0.353 e. The Morgan fingerprint density at radius 3 is 3.20 bits per heavy atom. The predicted octanol–water partition coefficient (Wildman–Crippen LogP) is 0.970. The first kappa shape index (κ1) is 8.64. The van der Waals surface area contributed by atoms with E-state index >= 15 is 0 Å². The van der Waals surface area contributed by atoms with Crippen molar-refractivity contribution in [3.63, 3.8) is 0 Å². The second kappa shape index (κ2) is 3.18. The molecule has 0 bridgehead atoms. The molecule has 0 radical (unpaired) electrons. The summed E-state index contributed by atoms with van der Waals surface area (Å²) < 4.78 is 1.91. The van der Waals surface area contributed by atoms with Crippen LogP contribution in [0.1, 0.15) is 13.3 Å². The molecule has 15 heavy (non-hydrogen) atoms. The highest BCUT2D eigenvalue weighted by molar-refractivity contribution is 5.63. The zero-order valence-corrected chi connectivity index (χ0v) is 8.67. The van der Waals surface area contributed by atoms with Gasteiger partial charge in [-0.3, -0.25) is 4.40 Å². The second-order valence-corrected chi connectivity index (χ2v) is 4.15. The summed E-state index contributed by atoms with van der Waals surface area (Å²) in [5, 5.41) is 8.00.